The van der Waals surface area contributed by atoms with Crippen molar-refractivity contribution < 1.29 is 19.8 Å². The van der Waals surface area contributed by atoms with Gasteiger partial charge in [0.2, 0.25) is 0 Å². The summed E-state index contributed by atoms with van der Waals surface area (Å²) in [6.45, 7) is 0. The maximum Gasteiger partial charge on any atom is 0.254 e. The van der Waals surface area contributed by atoms with Crippen LogP contribution in [0.15, 0.2) is 0 Å². The van der Waals surface area contributed by atoms with Crippen molar-refractivity contribution in [2.45, 2.75) is 12.2 Å². The number of aliphatic hydroxyl groups is 2. The SMILES string of the molecule is CN(C)C(=O)C(O)C(O)C(=O)N(C)C. The molecule has 0 spiro atoms. The molecule has 0 radical (unpaired) electrons. The molecule has 0 aromatic carbocycles. The second kappa shape index (κ2) is 4.92. The van der Waals surface area contributed by atoms with E-state index in [9.17, 15) is 19.8 Å². The number of aliphatic hydroxyl groups excluding tert-OH is 2. The van der Waals surface area contributed by atoms with Gasteiger partial charge in [0.05, 0.1) is 0 Å². The molecule has 2 unspecified atom stereocenters. The molecule has 0 heterocycles. The highest BCUT2D eigenvalue weighted by atomic mass is 16.3. The lowest BCUT2D eigenvalue weighted by atomic mass is 10.1. The van der Waals surface area contributed by atoms with Crippen LogP contribution >= 0.6 is 0 Å². The molecule has 0 saturated heterocycles. The van der Waals surface area contributed by atoms with Crippen LogP contribution in [0.1, 0.15) is 0 Å². The first kappa shape index (κ1) is 12.9. The average Bonchev–Trinajstić information content (AvgIpc) is 2.12. The number of hydrogen-bond acceptors (Lipinski definition) is 4. The number of rotatable bonds is 3. The second-order valence-corrected chi connectivity index (χ2v) is 3.36. The van der Waals surface area contributed by atoms with Gasteiger partial charge in [-0.15, -0.1) is 0 Å². The molecule has 6 nitrogen and oxygen atoms in total. The quantitative estimate of drug-likeness (QED) is 0.551. The molecule has 0 aromatic rings. The first-order valence-corrected chi connectivity index (χ1v) is 4.07. The van der Waals surface area contributed by atoms with Crippen LogP contribution in [0.5, 0.6) is 0 Å². The smallest absolute Gasteiger partial charge is 0.254 e. The Morgan fingerprint density at radius 3 is 1.21 bits per heavy atom. The molecule has 0 bridgehead atoms. The molecule has 2 N–H and O–H groups in total. The van der Waals surface area contributed by atoms with Crippen molar-refractivity contribution in [1.82, 2.24) is 9.80 Å². The molecule has 0 aliphatic rings. The number of likely N-dealkylation sites (N-methyl/N-ethyl adjacent to an activating group) is 2. The van der Waals surface area contributed by atoms with E-state index in [0.29, 0.717) is 0 Å². The zero-order valence-electron chi connectivity index (χ0n) is 8.76. The number of hydrogen-bond donors (Lipinski definition) is 2. The van der Waals surface area contributed by atoms with Crippen LogP contribution in [0, 0.1) is 0 Å². The number of carbonyl (C=O) groups excluding carboxylic acids is 2. The van der Waals surface area contributed by atoms with Crippen molar-refractivity contribution in [3.8, 4) is 0 Å². The average molecular weight is 204 g/mol. The fraction of sp³-hybridized carbons (Fsp3) is 0.750. The van der Waals surface area contributed by atoms with E-state index in [0.717, 1.165) is 9.80 Å². The van der Waals surface area contributed by atoms with E-state index < -0.39 is 24.0 Å². The molecule has 6 heteroatoms. The van der Waals surface area contributed by atoms with Gasteiger partial charge in [0.1, 0.15) is 0 Å². The van der Waals surface area contributed by atoms with Gasteiger partial charge in [-0.05, 0) is 0 Å². The lowest BCUT2D eigenvalue weighted by molar-refractivity contribution is -0.155. The van der Waals surface area contributed by atoms with Crippen LogP contribution in [-0.2, 0) is 9.59 Å². The third-order valence-corrected chi connectivity index (χ3v) is 1.69. The number of carbonyl (C=O) groups is 2. The van der Waals surface area contributed by atoms with Crippen LogP contribution in [0.25, 0.3) is 0 Å². The normalized spacial score (nSPS) is 14.4. The van der Waals surface area contributed by atoms with E-state index in [-0.39, 0.29) is 0 Å². The van der Waals surface area contributed by atoms with Gasteiger partial charge >= 0.3 is 0 Å². The van der Waals surface area contributed by atoms with Crippen LogP contribution in [0.2, 0.25) is 0 Å². The Hall–Kier alpha value is -1.14. The Kier molecular flexibility index (Phi) is 4.52. The van der Waals surface area contributed by atoms with Gasteiger partial charge in [0.25, 0.3) is 11.8 Å². The van der Waals surface area contributed by atoms with E-state index in [1.807, 2.05) is 0 Å². The zero-order chi connectivity index (χ0) is 11.5. The molecular formula is C8H16N2O4. The predicted molar refractivity (Wildman–Crippen MR) is 49.4 cm³/mol. The monoisotopic (exact) mass is 204 g/mol. The van der Waals surface area contributed by atoms with Crippen molar-refractivity contribution in [3.63, 3.8) is 0 Å². The molecule has 14 heavy (non-hydrogen) atoms. The standard InChI is InChI=1S/C8H16N2O4/c1-9(2)7(13)5(11)6(12)8(14)10(3)4/h5-6,11-12H,1-4H3. The van der Waals surface area contributed by atoms with Crippen molar-refractivity contribution in [1.29, 1.82) is 0 Å². The highest BCUT2D eigenvalue weighted by molar-refractivity contribution is 5.90. The number of amides is 2. The summed E-state index contributed by atoms with van der Waals surface area (Å²) in [6, 6.07) is 0. The summed E-state index contributed by atoms with van der Waals surface area (Å²) >= 11 is 0. The van der Waals surface area contributed by atoms with Crippen LogP contribution < -0.4 is 0 Å². The molecule has 0 fully saturated rings. The molecule has 2 atom stereocenters. The number of nitrogens with zero attached hydrogens (tertiary/aromatic N) is 2. The van der Waals surface area contributed by atoms with Gasteiger partial charge in [-0.3, -0.25) is 9.59 Å². The summed E-state index contributed by atoms with van der Waals surface area (Å²) in [4.78, 5) is 24.5. The van der Waals surface area contributed by atoms with Crippen LogP contribution in [0.3, 0.4) is 0 Å². The van der Waals surface area contributed by atoms with E-state index in [2.05, 4.69) is 0 Å². The fourth-order valence-corrected chi connectivity index (χ4v) is 0.799. The third kappa shape index (κ3) is 2.97. The second-order valence-electron chi connectivity index (χ2n) is 3.36. The van der Waals surface area contributed by atoms with Crippen molar-refractivity contribution in [2.24, 2.45) is 0 Å². The van der Waals surface area contributed by atoms with Crippen molar-refractivity contribution in [2.75, 3.05) is 28.2 Å². The highest BCUT2D eigenvalue weighted by Crippen LogP contribution is 2.00. The molecular weight excluding hydrogens is 188 g/mol. The lowest BCUT2D eigenvalue weighted by Gasteiger charge is -2.22. The van der Waals surface area contributed by atoms with Gasteiger partial charge in [-0.1, -0.05) is 0 Å². The predicted octanol–water partition coefficient (Wildman–Crippen LogP) is -2.12. The minimum Gasteiger partial charge on any atom is -0.380 e. The van der Waals surface area contributed by atoms with Gasteiger partial charge < -0.3 is 20.0 Å². The van der Waals surface area contributed by atoms with E-state index >= 15 is 0 Å². The molecule has 0 saturated carbocycles. The topological polar surface area (TPSA) is 81.1 Å². The Morgan fingerprint density at radius 1 is 0.857 bits per heavy atom. The summed E-state index contributed by atoms with van der Waals surface area (Å²) < 4.78 is 0. The summed E-state index contributed by atoms with van der Waals surface area (Å²) in [5.74, 6) is -1.40. The largest absolute Gasteiger partial charge is 0.380 e. The maximum atomic E-state index is 11.2. The van der Waals surface area contributed by atoms with Crippen LogP contribution in [-0.4, -0.2) is 72.2 Å². The van der Waals surface area contributed by atoms with Gasteiger partial charge in [-0.25, -0.2) is 0 Å². The Bertz CT molecular complexity index is 203. The molecule has 0 rings (SSSR count). The first-order chi connectivity index (χ1) is 6.29. The lowest BCUT2D eigenvalue weighted by Crippen LogP contribution is -2.48. The maximum absolute atomic E-state index is 11.2. The van der Waals surface area contributed by atoms with E-state index in [1.165, 1.54) is 28.2 Å². The van der Waals surface area contributed by atoms with Crippen LogP contribution in [0.4, 0.5) is 0 Å². The summed E-state index contributed by atoms with van der Waals surface area (Å²) in [5.41, 5.74) is 0. The van der Waals surface area contributed by atoms with Crippen molar-refractivity contribution >= 4 is 11.8 Å². The van der Waals surface area contributed by atoms with Gasteiger partial charge in [0, 0.05) is 28.2 Å². The molecule has 2 amide bonds. The first-order valence-electron chi connectivity index (χ1n) is 4.07. The molecule has 82 valence electrons. The Balaban J connectivity index is 4.46. The summed E-state index contributed by atoms with van der Waals surface area (Å²) in [5, 5.41) is 18.6. The van der Waals surface area contributed by atoms with E-state index in [1.54, 1.807) is 0 Å². The minimum atomic E-state index is -1.71. The van der Waals surface area contributed by atoms with E-state index in [4.69, 9.17) is 0 Å². The molecule has 0 aromatic heterocycles. The van der Waals surface area contributed by atoms with Gasteiger partial charge in [0.15, 0.2) is 12.2 Å². The minimum absolute atomic E-state index is 0.701. The van der Waals surface area contributed by atoms with Crippen molar-refractivity contribution in [3.05, 3.63) is 0 Å². The fourth-order valence-electron chi connectivity index (χ4n) is 0.799. The Morgan fingerprint density at radius 2 is 1.07 bits per heavy atom. The zero-order valence-corrected chi connectivity index (χ0v) is 8.76. The summed E-state index contributed by atoms with van der Waals surface area (Å²) in [7, 11) is 5.72. The van der Waals surface area contributed by atoms with Gasteiger partial charge in [-0.2, -0.15) is 0 Å². The third-order valence-electron chi connectivity index (χ3n) is 1.69. The highest BCUT2D eigenvalue weighted by Gasteiger charge is 2.31. The molecule has 0 aliphatic heterocycles. The Labute approximate surface area is 82.7 Å². The summed E-state index contributed by atoms with van der Waals surface area (Å²) in [6.07, 6.45) is -3.42. The molecule has 0 aliphatic carbocycles.